The highest BCUT2D eigenvalue weighted by atomic mass is 16.6. The molecule has 17 heteroatoms. The van der Waals surface area contributed by atoms with Crippen molar-refractivity contribution in [2.75, 3.05) is 7.11 Å². The van der Waals surface area contributed by atoms with E-state index in [9.17, 15) is 14.4 Å². The normalized spacial score (nSPS) is 11.6. The van der Waals surface area contributed by atoms with Gasteiger partial charge in [0.15, 0.2) is 28.5 Å². The highest BCUT2D eigenvalue weighted by Gasteiger charge is 2.29. The smallest absolute Gasteiger partial charge is 0.408 e. The van der Waals surface area contributed by atoms with E-state index in [1.165, 1.54) is 7.11 Å². The number of esters is 1. The first-order valence-electron chi connectivity index (χ1n) is 17.1. The van der Waals surface area contributed by atoms with Gasteiger partial charge in [-0.25, -0.2) is 34.5 Å². The molecule has 0 saturated heterocycles. The van der Waals surface area contributed by atoms with Crippen LogP contribution in [0.25, 0.3) is 34.8 Å². The number of carbonyl (C=O) groups is 3. The topological polar surface area (TPSA) is 224 Å². The summed E-state index contributed by atoms with van der Waals surface area (Å²) in [4.78, 5) is 60.2. The molecule has 278 valence electrons. The van der Waals surface area contributed by atoms with Crippen molar-refractivity contribution < 1.29 is 45.9 Å². The second-order valence-corrected chi connectivity index (χ2v) is 12.4. The fourth-order valence-electron chi connectivity index (χ4n) is 5.15. The van der Waals surface area contributed by atoms with Crippen molar-refractivity contribution in [3.05, 3.63) is 52.0 Å². The maximum atomic E-state index is 13.4. The Kier molecular flexibility index (Phi) is 11.3. The third kappa shape index (κ3) is 8.08. The van der Waals surface area contributed by atoms with E-state index in [-0.39, 0.29) is 53.9 Å². The second kappa shape index (κ2) is 15.7. The van der Waals surface area contributed by atoms with Crippen molar-refractivity contribution >= 4 is 18.0 Å². The van der Waals surface area contributed by atoms with Crippen molar-refractivity contribution in [2.24, 2.45) is 0 Å². The average molecular weight is 722 g/mol. The number of alkyl carbamates (subject to hydrolysis) is 1. The maximum absolute atomic E-state index is 13.4. The number of methoxy groups -OCH3 is 1. The van der Waals surface area contributed by atoms with Gasteiger partial charge in [0.1, 0.15) is 34.4 Å². The van der Waals surface area contributed by atoms with Crippen LogP contribution in [0.3, 0.4) is 0 Å². The molecule has 2 N–H and O–H groups in total. The van der Waals surface area contributed by atoms with Crippen LogP contribution in [-0.2, 0) is 54.7 Å². The first-order chi connectivity index (χ1) is 24.8. The molecule has 5 rings (SSSR count). The molecular weight excluding hydrogens is 678 g/mol. The summed E-state index contributed by atoms with van der Waals surface area (Å²) < 4.78 is 39.8. The zero-order chi connectivity index (χ0) is 37.7. The van der Waals surface area contributed by atoms with E-state index in [1.54, 1.807) is 20.8 Å². The summed E-state index contributed by atoms with van der Waals surface area (Å²) in [5.74, 6) is 1.88. The SMILES string of the molecule is CCc1oc(-c2nc(-c3nc(CNC(=O)OC(C)(C)C)oc3CC)oc2CC)nc1C(=O)NCc1nc(-c2nc(C(=O)OC)c(CC)o2)c(CC)o1. The van der Waals surface area contributed by atoms with Crippen LogP contribution < -0.4 is 10.6 Å². The maximum Gasteiger partial charge on any atom is 0.408 e. The standard InChI is InChI=1S/C35H43N7O10/c1-10-17-24(29(43)36-15-22-38-26(19(12-3)47-22)31-42-28(33(44)46-9)21(14-5)51-31)40-32(49-17)27-20(13-4)50-30(41-27)25-18(11-2)48-23(39-25)16-37-34(45)52-35(6,7)8/h10-16H2,1-9H3,(H,36,43)(H,37,45). The molecule has 0 radical (unpaired) electrons. The number of hydrogen-bond acceptors (Lipinski definition) is 15. The Morgan fingerprint density at radius 3 is 1.50 bits per heavy atom. The predicted molar refractivity (Wildman–Crippen MR) is 182 cm³/mol. The van der Waals surface area contributed by atoms with Crippen LogP contribution in [-0.4, -0.2) is 55.6 Å². The van der Waals surface area contributed by atoms with E-state index < -0.39 is 23.6 Å². The fourth-order valence-corrected chi connectivity index (χ4v) is 5.15. The number of nitrogens with zero attached hydrogens (tertiary/aromatic N) is 5. The summed E-state index contributed by atoms with van der Waals surface area (Å²) in [7, 11) is 1.27. The Bertz CT molecular complexity index is 2060. The number of aryl methyl sites for hydroxylation is 5. The number of hydrogen-bond donors (Lipinski definition) is 2. The number of nitrogens with one attached hydrogen (secondary N) is 2. The van der Waals surface area contributed by atoms with Crippen LogP contribution in [0.15, 0.2) is 22.1 Å². The van der Waals surface area contributed by atoms with Gasteiger partial charge in [0.05, 0.1) is 20.2 Å². The van der Waals surface area contributed by atoms with E-state index in [4.69, 9.17) is 31.6 Å². The van der Waals surface area contributed by atoms with E-state index in [1.807, 2.05) is 34.6 Å². The Hall–Kier alpha value is -5.74. The molecule has 0 unspecified atom stereocenters. The molecule has 0 aromatic carbocycles. The molecule has 2 amide bonds. The van der Waals surface area contributed by atoms with Gasteiger partial charge in [-0.3, -0.25) is 4.79 Å². The molecule has 5 aromatic rings. The molecule has 0 aliphatic rings. The van der Waals surface area contributed by atoms with Gasteiger partial charge in [-0.15, -0.1) is 0 Å². The monoisotopic (exact) mass is 721 g/mol. The van der Waals surface area contributed by atoms with Crippen LogP contribution in [0, 0.1) is 0 Å². The van der Waals surface area contributed by atoms with Gasteiger partial charge in [-0.1, -0.05) is 34.6 Å². The largest absolute Gasteiger partial charge is 0.464 e. The van der Waals surface area contributed by atoms with E-state index >= 15 is 0 Å². The van der Waals surface area contributed by atoms with Gasteiger partial charge < -0.3 is 42.2 Å². The first kappa shape index (κ1) is 37.5. The van der Waals surface area contributed by atoms with Crippen LogP contribution >= 0.6 is 0 Å². The third-order valence-electron chi connectivity index (χ3n) is 7.57. The zero-order valence-electron chi connectivity index (χ0n) is 30.8. The van der Waals surface area contributed by atoms with Crippen LogP contribution in [0.4, 0.5) is 4.79 Å². The van der Waals surface area contributed by atoms with Gasteiger partial charge in [0, 0.05) is 32.1 Å². The minimum atomic E-state index is -0.652. The summed E-state index contributed by atoms with van der Waals surface area (Å²) in [6.45, 7) is 14.6. The molecule has 0 saturated carbocycles. The summed E-state index contributed by atoms with van der Waals surface area (Å²) in [5.41, 5.74) is 0.509. The Balaban J connectivity index is 1.34. The number of ether oxygens (including phenoxy) is 2. The Morgan fingerprint density at radius 1 is 0.577 bits per heavy atom. The van der Waals surface area contributed by atoms with Crippen LogP contribution in [0.2, 0.25) is 0 Å². The van der Waals surface area contributed by atoms with Gasteiger partial charge in [0.2, 0.25) is 29.5 Å². The summed E-state index contributed by atoms with van der Waals surface area (Å²) in [5, 5.41) is 5.42. The quantitative estimate of drug-likeness (QED) is 0.122. The Labute approximate surface area is 299 Å². The number of oxazole rings is 5. The molecule has 0 aliphatic carbocycles. The highest BCUT2D eigenvalue weighted by Crippen LogP contribution is 2.33. The number of rotatable bonds is 14. The zero-order valence-corrected chi connectivity index (χ0v) is 30.8. The fraction of sp³-hybridized carbons (Fsp3) is 0.486. The lowest BCUT2D eigenvalue weighted by atomic mass is 10.2. The lowest BCUT2D eigenvalue weighted by Gasteiger charge is -2.19. The van der Waals surface area contributed by atoms with Crippen molar-refractivity contribution in [3.63, 3.8) is 0 Å². The van der Waals surface area contributed by atoms with Gasteiger partial charge in [-0.2, -0.15) is 0 Å². The predicted octanol–water partition coefficient (Wildman–Crippen LogP) is 6.18. The van der Waals surface area contributed by atoms with Crippen molar-refractivity contribution in [2.45, 2.75) is 106 Å². The second-order valence-electron chi connectivity index (χ2n) is 12.4. The Morgan fingerprint density at radius 2 is 1.00 bits per heavy atom. The number of amides is 2. The lowest BCUT2D eigenvalue weighted by Crippen LogP contribution is -2.32. The third-order valence-corrected chi connectivity index (χ3v) is 7.57. The summed E-state index contributed by atoms with van der Waals surface area (Å²) in [6, 6.07) is 0. The molecule has 5 aromatic heterocycles. The van der Waals surface area contributed by atoms with E-state index in [2.05, 4.69) is 35.6 Å². The average Bonchev–Trinajstić information content (AvgIpc) is 3.95. The summed E-state index contributed by atoms with van der Waals surface area (Å²) in [6.07, 6.45) is 1.57. The summed E-state index contributed by atoms with van der Waals surface area (Å²) >= 11 is 0. The van der Waals surface area contributed by atoms with Gasteiger partial charge in [0.25, 0.3) is 5.91 Å². The first-order valence-corrected chi connectivity index (χ1v) is 17.1. The van der Waals surface area contributed by atoms with Crippen LogP contribution in [0.1, 0.15) is 117 Å². The lowest BCUT2D eigenvalue weighted by molar-refractivity contribution is 0.0517. The van der Waals surface area contributed by atoms with Gasteiger partial charge >= 0.3 is 12.1 Å². The molecule has 0 spiro atoms. The molecule has 0 atom stereocenters. The minimum absolute atomic E-state index is 0.00136. The molecule has 0 fully saturated rings. The minimum Gasteiger partial charge on any atom is -0.464 e. The molecular formula is C35H43N7O10. The van der Waals surface area contributed by atoms with Crippen molar-refractivity contribution in [1.82, 2.24) is 35.6 Å². The number of aromatic nitrogens is 5. The van der Waals surface area contributed by atoms with Crippen molar-refractivity contribution in [3.8, 4) is 34.8 Å². The molecule has 0 bridgehead atoms. The van der Waals surface area contributed by atoms with Crippen molar-refractivity contribution in [1.29, 1.82) is 0 Å². The van der Waals surface area contributed by atoms with Crippen LogP contribution in [0.5, 0.6) is 0 Å². The molecule has 17 nitrogen and oxygen atoms in total. The highest BCUT2D eigenvalue weighted by molar-refractivity contribution is 5.93. The molecule has 52 heavy (non-hydrogen) atoms. The molecule has 0 aliphatic heterocycles. The van der Waals surface area contributed by atoms with E-state index in [0.717, 1.165) is 0 Å². The van der Waals surface area contributed by atoms with E-state index in [0.29, 0.717) is 78.0 Å². The van der Waals surface area contributed by atoms with Gasteiger partial charge in [-0.05, 0) is 20.8 Å². The molecule has 5 heterocycles. The number of carbonyl (C=O) groups excluding carboxylic acids is 3.